The fourth-order valence-corrected chi connectivity index (χ4v) is 2.82. The predicted octanol–water partition coefficient (Wildman–Crippen LogP) is 2.56. The molecular weight excluding hydrogens is 214 g/mol. The van der Waals surface area contributed by atoms with Crippen molar-refractivity contribution in [3.05, 3.63) is 12.7 Å². The summed E-state index contributed by atoms with van der Waals surface area (Å²) in [5.41, 5.74) is -1.08. The normalized spacial score (nSPS) is 24.8. The first-order valence-corrected chi connectivity index (χ1v) is 6.20. The number of hydrogen-bond acceptors (Lipinski definition) is 2. The zero-order valence-corrected chi connectivity index (χ0v) is 11.4. The van der Waals surface area contributed by atoms with Gasteiger partial charge < -0.3 is 4.90 Å². The molecule has 1 saturated heterocycles. The van der Waals surface area contributed by atoms with E-state index in [4.69, 9.17) is 0 Å². The molecule has 0 aromatic rings. The van der Waals surface area contributed by atoms with Crippen molar-refractivity contribution >= 4 is 11.7 Å². The molecule has 1 aliphatic rings. The molecule has 0 unspecified atom stereocenters. The molecule has 0 aliphatic carbocycles. The molecule has 96 valence electrons. The monoisotopic (exact) mass is 237 g/mol. The Morgan fingerprint density at radius 1 is 1.41 bits per heavy atom. The van der Waals surface area contributed by atoms with E-state index in [2.05, 4.69) is 6.58 Å². The number of carbonyl (C=O) groups excluding carboxylic acids is 2. The van der Waals surface area contributed by atoms with E-state index in [-0.39, 0.29) is 11.7 Å². The topological polar surface area (TPSA) is 37.4 Å². The van der Waals surface area contributed by atoms with Crippen molar-refractivity contribution in [1.82, 2.24) is 4.90 Å². The second-order valence-corrected chi connectivity index (χ2v) is 5.88. The number of rotatable bonds is 3. The minimum absolute atomic E-state index is 0.0121. The first-order valence-electron chi connectivity index (χ1n) is 6.20. The summed E-state index contributed by atoms with van der Waals surface area (Å²) in [6.45, 7) is 11.7. The Bertz CT molecular complexity index is 341. The van der Waals surface area contributed by atoms with E-state index in [9.17, 15) is 9.59 Å². The minimum atomic E-state index is -0.647. The van der Waals surface area contributed by atoms with Gasteiger partial charge in [0.25, 0.3) is 0 Å². The van der Waals surface area contributed by atoms with Gasteiger partial charge in [-0.15, -0.1) is 6.58 Å². The summed E-state index contributed by atoms with van der Waals surface area (Å²) >= 11 is 0. The smallest absolute Gasteiger partial charge is 0.220 e. The maximum absolute atomic E-state index is 12.7. The summed E-state index contributed by atoms with van der Waals surface area (Å²) in [6, 6.07) is 0. The lowest BCUT2D eigenvalue weighted by Gasteiger charge is -2.40. The summed E-state index contributed by atoms with van der Waals surface area (Å²) in [4.78, 5) is 26.1. The Balaban J connectivity index is 3.17. The summed E-state index contributed by atoms with van der Waals surface area (Å²) in [6.07, 6.45) is 3.97. The van der Waals surface area contributed by atoms with Crippen LogP contribution in [0.1, 0.15) is 47.0 Å². The molecule has 0 N–H and O–H groups in total. The van der Waals surface area contributed by atoms with E-state index in [0.717, 1.165) is 12.8 Å². The van der Waals surface area contributed by atoms with Crippen molar-refractivity contribution in [2.24, 2.45) is 5.41 Å². The van der Waals surface area contributed by atoms with Crippen molar-refractivity contribution in [1.29, 1.82) is 0 Å². The zero-order valence-electron chi connectivity index (χ0n) is 11.4. The molecule has 1 atom stereocenters. The Morgan fingerprint density at radius 3 is 2.41 bits per heavy atom. The molecule has 17 heavy (non-hydrogen) atoms. The van der Waals surface area contributed by atoms with E-state index >= 15 is 0 Å². The highest BCUT2D eigenvalue weighted by atomic mass is 16.2. The molecule has 0 saturated carbocycles. The molecule has 1 heterocycles. The van der Waals surface area contributed by atoms with Gasteiger partial charge in [0.2, 0.25) is 5.91 Å². The van der Waals surface area contributed by atoms with Gasteiger partial charge >= 0.3 is 0 Å². The molecule has 1 amide bonds. The van der Waals surface area contributed by atoms with Crippen LogP contribution in [0.3, 0.4) is 0 Å². The largest absolute Gasteiger partial charge is 0.330 e. The Morgan fingerprint density at radius 2 is 2.00 bits per heavy atom. The number of amides is 1. The molecule has 3 heteroatoms. The van der Waals surface area contributed by atoms with Gasteiger partial charge in [0, 0.05) is 18.9 Å². The number of likely N-dealkylation sites (tertiary alicyclic amines) is 1. The van der Waals surface area contributed by atoms with Crippen LogP contribution in [0.5, 0.6) is 0 Å². The lowest BCUT2D eigenvalue weighted by Crippen LogP contribution is -2.55. The quantitative estimate of drug-likeness (QED) is 0.707. The number of Topliss-reactive ketones (excluding diaryl/α,β-unsaturated/α-hetero) is 1. The van der Waals surface area contributed by atoms with Gasteiger partial charge in [0.15, 0.2) is 5.78 Å². The van der Waals surface area contributed by atoms with Gasteiger partial charge in [-0.1, -0.05) is 26.8 Å². The lowest BCUT2D eigenvalue weighted by molar-refractivity contribution is -0.146. The Hall–Kier alpha value is -1.12. The van der Waals surface area contributed by atoms with Gasteiger partial charge in [-0.2, -0.15) is 0 Å². The van der Waals surface area contributed by atoms with Crippen LogP contribution in [0, 0.1) is 5.41 Å². The van der Waals surface area contributed by atoms with E-state index < -0.39 is 11.0 Å². The minimum Gasteiger partial charge on any atom is -0.330 e. The maximum atomic E-state index is 12.7. The number of ketones is 1. The van der Waals surface area contributed by atoms with Crippen LogP contribution in [-0.2, 0) is 9.59 Å². The molecule has 1 fully saturated rings. The van der Waals surface area contributed by atoms with Gasteiger partial charge in [-0.3, -0.25) is 9.59 Å². The maximum Gasteiger partial charge on any atom is 0.220 e. The molecule has 0 aromatic heterocycles. The van der Waals surface area contributed by atoms with E-state index in [1.54, 1.807) is 17.9 Å². The third-order valence-corrected chi connectivity index (χ3v) is 3.45. The van der Waals surface area contributed by atoms with Crippen LogP contribution in [0.2, 0.25) is 0 Å². The molecular formula is C14H23NO2. The van der Waals surface area contributed by atoms with Crippen LogP contribution in [0.15, 0.2) is 12.7 Å². The van der Waals surface area contributed by atoms with Crippen LogP contribution in [0.25, 0.3) is 0 Å². The molecule has 3 nitrogen and oxygen atoms in total. The van der Waals surface area contributed by atoms with Crippen molar-refractivity contribution in [2.45, 2.75) is 52.5 Å². The molecule has 0 bridgehead atoms. The van der Waals surface area contributed by atoms with Crippen molar-refractivity contribution < 1.29 is 9.59 Å². The van der Waals surface area contributed by atoms with E-state index in [0.29, 0.717) is 13.0 Å². The summed E-state index contributed by atoms with van der Waals surface area (Å²) in [7, 11) is 0. The highest BCUT2D eigenvalue weighted by molar-refractivity contribution is 5.96. The Kier molecular flexibility index (Phi) is 3.80. The van der Waals surface area contributed by atoms with Crippen molar-refractivity contribution in [3.8, 4) is 0 Å². The standard InChI is InChI=1S/C14H23NO2/c1-6-8-14(12(17)13(3,4)5)9-7-10-15(14)11(2)16/h6H,1,7-10H2,2-5H3/t14-/m0/s1. The molecule has 0 spiro atoms. The van der Waals surface area contributed by atoms with Crippen molar-refractivity contribution in [2.75, 3.05) is 6.54 Å². The molecule has 0 radical (unpaired) electrons. The second-order valence-electron chi connectivity index (χ2n) is 5.88. The SMILES string of the molecule is C=CC[C@@]1(C(=O)C(C)(C)C)CCCN1C(C)=O. The average Bonchev–Trinajstić information content (AvgIpc) is 2.60. The second kappa shape index (κ2) is 4.63. The zero-order chi connectivity index (χ0) is 13.3. The first kappa shape index (κ1) is 13.9. The van der Waals surface area contributed by atoms with E-state index in [1.807, 2.05) is 20.8 Å². The van der Waals surface area contributed by atoms with Crippen molar-refractivity contribution in [3.63, 3.8) is 0 Å². The Labute approximate surface area is 104 Å². The lowest BCUT2D eigenvalue weighted by atomic mass is 9.75. The molecule has 1 rings (SSSR count). The van der Waals surface area contributed by atoms with Gasteiger partial charge in [-0.05, 0) is 19.3 Å². The van der Waals surface area contributed by atoms with Crippen LogP contribution in [0.4, 0.5) is 0 Å². The summed E-state index contributed by atoms with van der Waals surface area (Å²) in [5, 5.41) is 0. The number of nitrogens with zero attached hydrogens (tertiary/aromatic N) is 1. The van der Waals surface area contributed by atoms with Gasteiger partial charge in [0.1, 0.15) is 5.54 Å². The molecule has 1 aliphatic heterocycles. The third-order valence-electron chi connectivity index (χ3n) is 3.45. The predicted molar refractivity (Wildman–Crippen MR) is 68.6 cm³/mol. The summed E-state index contributed by atoms with van der Waals surface area (Å²) in [5.74, 6) is 0.138. The fourth-order valence-electron chi connectivity index (χ4n) is 2.82. The first-order chi connectivity index (χ1) is 7.75. The average molecular weight is 237 g/mol. The number of carbonyl (C=O) groups is 2. The van der Waals surface area contributed by atoms with Gasteiger partial charge in [0.05, 0.1) is 0 Å². The highest BCUT2D eigenvalue weighted by Crippen LogP contribution is 2.39. The van der Waals surface area contributed by atoms with Crippen LogP contribution in [-0.4, -0.2) is 28.7 Å². The third kappa shape index (κ3) is 2.43. The number of hydrogen-bond donors (Lipinski definition) is 0. The van der Waals surface area contributed by atoms with Crippen LogP contribution >= 0.6 is 0 Å². The van der Waals surface area contributed by atoms with Gasteiger partial charge in [-0.25, -0.2) is 0 Å². The highest BCUT2D eigenvalue weighted by Gasteiger charge is 2.50. The van der Waals surface area contributed by atoms with E-state index in [1.165, 1.54) is 0 Å². The van der Waals surface area contributed by atoms with Crippen LogP contribution < -0.4 is 0 Å². The fraction of sp³-hybridized carbons (Fsp3) is 0.714. The molecule has 0 aromatic carbocycles. The summed E-state index contributed by atoms with van der Waals surface area (Å²) < 4.78 is 0.